The zero-order valence-electron chi connectivity index (χ0n) is 25.3. The van der Waals surface area contributed by atoms with Gasteiger partial charge in [-0.2, -0.15) is 0 Å². The Bertz CT molecular complexity index is 383. The first kappa shape index (κ1) is 34.0. The van der Waals surface area contributed by atoms with Crippen LogP contribution in [0.25, 0.3) is 0 Å². The molecule has 1 atom stereocenters. The molecule has 0 aromatic heterocycles. The summed E-state index contributed by atoms with van der Waals surface area (Å²) in [5.74, 6) is 2.84. The van der Waals surface area contributed by atoms with Gasteiger partial charge in [-0.05, 0) is 49.4 Å². The van der Waals surface area contributed by atoms with Crippen molar-refractivity contribution < 1.29 is 0 Å². The molecule has 34 heavy (non-hydrogen) atoms. The van der Waals surface area contributed by atoms with Gasteiger partial charge < -0.3 is 0 Å². The van der Waals surface area contributed by atoms with Gasteiger partial charge in [-0.3, -0.25) is 0 Å². The van der Waals surface area contributed by atoms with Gasteiger partial charge in [0.25, 0.3) is 0 Å². The molecule has 1 radical (unpaired) electrons. The van der Waals surface area contributed by atoms with Crippen LogP contribution >= 0.6 is 0 Å². The molecule has 0 N–H and O–H groups in total. The molecule has 1 unspecified atom stereocenters. The fraction of sp³-hybridized carbons (Fsp3) is 0.971. The van der Waals surface area contributed by atoms with Crippen LogP contribution in [-0.4, -0.2) is 0 Å². The van der Waals surface area contributed by atoms with Gasteiger partial charge in [0.2, 0.25) is 0 Å². The Balaban J connectivity index is 5.14. The molecule has 0 aliphatic carbocycles. The molecule has 0 aliphatic rings. The Morgan fingerprint density at radius 3 is 1.24 bits per heavy atom. The van der Waals surface area contributed by atoms with Gasteiger partial charge in [0.15, 0.2) is 0 Å². The Hall–Kier alpha value is 0. The maximum absolute atomic E-state index is 2.49. The van der Waals surface area contributed by atoms with Crippen molar-refractivity contribution in [3.05, 3.63) is 5.92 Å². The van der Waals surface area contributed by atoms with Crippen LogP contribution in [0.3, 0.4) is 0 Å². The zero-order chi connectivity index (χ0) is 25.3. The summed E-state index contributed by atoms with van der Waals surface area (Å²) in [6.07, 6.45) is 36.0. The lowest BCUT2D eigenvalue weighted by Gasteiger charge is -2.43. The standard InChI is InChI=1S/C34H69/c1-7-11-15-18-20-21-23-26-30-34(29-14-10-4,31-32(5)6)33(27-24-17-13-9-3)28-25-22-19-16-12-8-2/h32H,7-31H2,1-6H3. The molecule has 0 spiro atoms. The molecule has 0 amide bonds. The summed E-state index contributed by atoms with van der Waals surface area (Å²) in [4.78, 5) is 0. The first-order valence-corrected chi connectivity index (χ1v) is 16.4. The Morgan fingerprint density at radius 1 is 0.441 bits per heavy atom. The van der Waals surface area contributed by atoms with Gasteiger partial charge in [-0.15, -0.1) is 0 Å². The van der Waals surface area contributed by atoms with Crippen LogP contribution < -0.4 is 0 Å². The molecule has 0 fully saturated rings. The highest BCUT2D eigenvalue weighted by molar-refractivity contribution is 5.07. The Kier molecular flexibility index (Phi) is 24.7. The molecule has 0 heterocycles. The molecule has 0 nitrogen and oxygen atoms in total. The molecule has 0 bridgehead atoms. The van der Waals surface area contributed by atoms with Crippen molar-refractivity contribution in [3.8, 4) is 0 Å². The topological polar surface area (TPSA) is 0 Å². The minimum atomic E-state index is 0.544. The molecule has 205 valence electrons. The Labute approximate surface area is 219 Å². The van der Waals surface area contributed by atoms with Crippen molar-refractivity contribution in [3.63, 3.8) is 0 Å². The molecule has 0 heteroatoms. The SMILES string of the molecule is CCCCCCCCCCC(CCCC)(CC(C)C)[C](CCCCCC)CCCCCCCC. The van der Waals surface area contributed by atoms with Crippen LogP contribution in [0.2, 0.25) is 0 Å². The van der Waals surface area contributed by atoms with E-state index in [0.29, 0.717) is 5.41 Å². The van der Waals surface area contributed by atoms with Gasteiger partial charge in [0.1, 0.15) is 0 Å². The maximum Gasteiger partial charge on any atom is -0.0179 e. The van der Waals surface area contributed by atoms with Gasteiger partial charge in [-0.1, -0.05) is 170 Å². The lowest BCUT2D eigenvalue weighted by Crippen LogP contribution is -2.31. The number of unbranched alkanes of at least 4 members (excludes halogenated alkanes) is 16. The van der Waals surface area contributed by atoms with Crippen molar-refractivity contribution in [2.24, 2.45) is 11.3 Å². The highest BCUT2D eigenvalue weighted by atomic mass is 14.4. The van der Waals surface area contributed by atoms with Crippen molar-refractivity contribution >= 4 is 0 Å². The second kappa shape index (κ2) is 24.7. The van der Waals surface area contributed by atoms with Crippen LogP contribution in [0.4, 0.5) is 0 Å². The van der Waals surface area contributed by atoms with E-state index in [0.717, 1.165) is 5.92 Å². The minimum absolute atomic E-state index is 0.544. The lowest BCUT2D eigenvalue weighted by molar-refractivity contribution is 0.173. The van der Waals surface area contributed by atoms with Crippen molar-refractivity contribution in [1.82, 2.24) is 0 Å². The van der Waals surface area contributed by atoms with E-state index in [1.807, 2.05) is 5.92 Å². The third kappa shape index (κ3) is 18.3. The van der Waals surface area contributed by atoms with Crippen molar-refractivity contribution in [1.29, 1.82) is 0 Å². The minimum Gasteiger partial charge on any atom is -0.0654 e. The predicted molar refractivity (Wildman–Crippen MR) is 159 cm³/mol. The quantitative estimate of drug-likeness (QED) is 0.103. The molecule has 0 rings (SSSR count). The first-order valence-electron chi connectivity index (χ1n) is 16.4. The highest BCUT2D eigenvalue weighted by Gasteiger charge is 2.37. The van der Waals surface area contributed by atoms with E-state index in [1.54, 1.807) is 0 Å². The molecular weight excluding hydrogens is 408 g/mol. The molecule has 0 aromatic rings. The van der Waals surface area contributed by atoms with E-state index >= 15 is 0 Å². The highest BCUT2D eigenvalue weighted by Crippen LogP contribution is 2.50. The first-order chi connectivity index (χ1) is 16.6. The van der Waals surface area contributed by atoms with Crippen LogP contribution in [-0.2, 0) is 0 Å². The van der Waals surface area contributed by atoms with E-state index in [-0.39, 0.29) is 0 Å². The summed E-state index contributed by atoms with van der Waals surface area (Å²) >= 11 is 0. The maximum atomic E-state index is 2.49. The van der Waals surface area contributed by atoms with Gasteiger partial charge in [0, 0.05) is 0 Å². The predicted octanol–water partition coefficient (Wildman–Crippen LogP) is 13.0. The van der Waals surface area contributed by atoms with Crippen LogP contribution in [0, 0.1) is 17.3 Å². The fourth-order valence-corrected chi connectivity index (χ4v) is 6.26. The summed E-state index contributed by atoms with van der Waals surface area (Å²) in [5.41, 5.74) is 0.544. The smallest absolute Gasteiger partial charge is 0.0179 e. The average Bonchev–Trinajstić information content (AvgIpc) is 2.82. The van der Waals surface area contributed by atoms with E-state index in [4.69, 9.17) is 0 Å². The second-order valence-electron chi connectivity index (χ2n) is 12.1. The van der Waals surface area contributed by atoms with E-state index in [1.165, 1.54) is 161 Å². The molecule has 0 saturated carbocycles. The molecule has 0 aliphatic heterocycles. The van der Waals surface area contributed by atoms with Gasteiger partial charge in [0.05, 0.1) is 0 Å². The summed E-state index contributed by atoms with van der Waals surface area (Å²) in [5, 5.41) is 0. The normalized spacial score (nSPS) is 13.8. The van der Waals surface area contributed by atoms with Crippen LogP contribution in [0.5, 0.6) is 0 Å². The summed E-state index contributed by atoms with van der Waals surface area (Å²) < 4.78 is 0. The lowest BCUT2D eigenvalue weighted by atomic mass is 9.61. The van der Waals surface area contributed by atoms with E-state index in [2.05, 4.69) is 41.5 Å². The number of rotatable bonds is 27. The molecular formula is C34H69. The van der Waals surface area contributed by atoms with E-state index < -0.39 is 0 Å². The average molecular weight is 478 g/mol. The summed E-state index contributed by atoms with van der Waals surface area (Å²) in [6.45, 7) is 14.4. The largest absolute Gasteiger partial charge is 0.0654 e. The zero-order valence-corrected chi connectivity index (χ0v) is 25.3. The van der Waals surface area contributed by atoms with Crippen molar-refractivity contribution in [2.75, 3.05) is 0 Å². The van der Waals surface area contributed by atoms with Crippen molar-refractivity contribution in [2.45, 2.75) is 202 Å². The second-order valence-corrected chi connectivity index (χ2v) is 12.1. The molecule has 0 aromatic carbocycles. The van der Waals surface area contributed by atoms with Gasteiger partial charge in [-0.25, -0.2) is 0 Å². The number of hydrogen-bond acceptors (Lipinski definition) is 0. The van der Waals surface area contributed by atoms with Crippen LogP contribution in [0.15, 0.2) is 0 Å². The summed E-state index contributed by atoms with van der Waals surface area (Å²) in [6, 6.07) is 0. The Morgan fingerprint density at radius 2 is 0.794 bits per heavy atom. The molecule has 0 saturated heterocycles. The monoisotopic (exact) mass is 478 g/mol. The third-order valence-corrected chi connectivity index (χ3v) is 8.23. The van der Waals surface area contributed by atoms with E-state index in [9.17, 15) is 0 Å². The van der Waals surface area contributed by atoms with Gasteiger partial charge >= 0.3 is 0 Å². The van der Waals surface area contributed by atoms with Crippen LogP contribution in [0.1, 0.15) is 202 Å². The third-order valence-electron chi connectivity index (χ3n) is 8.23. The fourth-order valence-electron chi connectivity index (χ4n) is 6.26. The number of hydrogen-bond donors (Lipinski definition) is 0. The summed E-state index contributed by atoms with van der Waals surface area (Å²) in [7, 11) is 0.